The summed E-state index contributed by atoms with van der Waals surface area (Å²) in [5.74, 6) is 0.152. The third-order valence-corrected chi connectivity index (χ3v) is 5.96. The van der Waals surface area contributed by atoms with E-state index < -0.39 is 0 Å². The Kier molecular flexibility index (Phi) is 5.61. The van der Waals surface area contributed by atoms with Crippen molar-refractivity contribution in [3.8, 4) is 11.4 Å². The fraction of sp³-hybridized carbons (Fsp3) is 0.286. The Hall–Kier alpha value is -2.38. The van der Waals surface area contributed by atoms with Crippen molar-refractivity contribution in [3.63, 3.8) is 0 Å². The first-order valence-corrected chi connectivity index (χ1v) is 10.7. The molecular weight excluding hydrogens is 411 g/mol. The molecule has 1 heterocycles. The van der Waals surface area contributed by atoms with Gasteiger partial charge in [0, 0.05) is 6.04 Å². The lowest BCUT2D eigenvalue weighted by atomic mass is 10.1. The number of benzene rings is 2. The summed E-state index contributed by atoms with van der Waals surface area (Å²) in [7, 11) is 0. The van der Waals surface area contributed by atoms with E-state index in [4.69, 9.17) is 11.6 Å². The van der Waals surface area contributed by atoms with Crippen molar-refractivity contribution in [1.82, 2.24) is 14.8 Å². The maximum atomic E-state index is 14.2. The Morgan fingerprint density at radius 2 is 2.03 bits per heavy atom. The molecule has 0 unspecified atom stereocenters. The van der Waals surface area contributed by atoms with E-state index in [0.717, 1.165) is 24.0 Å². The minimum Gasteiger partial charge on any atom is -0.324 e. The summed E-state index contributed by atoms with van der Waals surface area (Å²) >= 11 is 7.56. The van der Waals surface area contributed by atoms with Crippen molar-refractivity contribution in [3.05, 3.63) is 58.4 Å². The third-order valence-electron chi connectivity index (χ3n) is 4.72. The van der Waals surface area contributed by atoms with Gasteiger partial charge in [0.15, 0.2) is 11.0 Å². The molecule has 0 aliphatic heterocycles. The van der Waals surface area contributed by atoms with E-state index in [9.17, 15) is 9.18 Å². The largest absolute Gasteiger partial charge is 0.324 e. The summed E-state index contributed by atoms with van der Waals surface area (Å²) in [6.07, 6.45) is 1.99. The van der Waals surface area contributed by atoms with Crippen LogP contribution in [0.25, 0.3) is 11.4 Å². The minimum atomic E-state index is -0.333. The van der Waals surface area contributed by atoms with Crippen LogP contribution >= 0.6 is 23.4 Å². The molecule has 0 spiro atoms. The molecule has 1 aliphatic carbocycles. The number of halogens is 2. The van der Waals surface area contributed by atoms with Gasteiger partial charge < -0.3 is 5.32 Å². The van der Waals surface area contributed by atoms with Gasteiger partial charge in [-0.3, -0.25) is 9.36 Å². The van der Waals surface area contributed by atoms with Crippen LogP contribution in [0.3, 0.4) is 0 Å². The second-order valence-electron chi connectivity index (χ2n) is 7.16. The van der Waals surface area contributed by atoms with Crippen molar-refractivity contribution in [1.29, 1.82) is 0 Å². The Morgan fingerprint density at radius 3 is 2.72 bits per heavy atom. The van der Waals surface area contributed by atoms with Crippen molar-refractivity contribution >= 4 is 35.0 Å². The van der Waals surface area contributed by atoms with Gasteiger partial charge in [-0.1, -0.05) is 41.6 Å². The van der Waals surface area contributed by atoms with Crippen LogP contribution in [0.5, 0.6) is 0 Å². The predicted molar refractivity (Wildman–Crippen MR) is 114 cm³/mol. The van der Waals surface area contributed by atoms with Crippen LogP contribution in [0, 0.1) is 19.7 Å². The lowest BCUT2D eigenvalue weighted by molar-refractivity contribution is -0.113. The predicted octanol–water partition coefficient (Wildman–Crippen LogP) is 5.42. The highest BCUT2D eigenvalue weighted by molar-refractivity contribution is 7.99. The van der Waals surface area contributed by atoms with E-state index in [-0.39, 0.29) is 23.5 Å². The van der Waals surface area contributed by atoms with Crippen molar-refractivity contribution < 1.29 is 9.18 Å². The molecular formula is C21H20ClFN4OS. The second kappa shape index (κ2) is 8.16. The topological polar surface area (TPSA) is 59.8 Å². The van der Waals surface area contributed by atoms with Crippen molar-refractivity contribution in [2.45, 2.75) is 37.9 Å². The van der Waals surface area contributed by atoms with Crippen LogP contribution in [-0.2, 0) is 4.79 Å². The van der Waals surface area contributed by atoms with Crippen LogP contribution in [0.15, 0.2) is 41.6 Å². The normalized spacial score (nSPS) is 13.5. The molecule has 0 radical (unpaired) electrons. The highest BCUT2D eigenvalue weighted by Crippen LogP contribution is 2.41. The quantitative estimate of drug-likeness (QED) is 0.530. The molecule has 1 amide bonds. The fourth-order valence-electron chi connectivity index (χ4n) is 3.24. The molecule has 1 fully saturated rings. The van der Waals surface area contributed by atoms with E-state index in [1.165, 1.54) is 17.8 Å². The van der Waals surface area contributed by atoms with E-state index in [1.54, 1.807) is 18.2 Å². The van der Waals surface area contributed by atoms with E-state index in [0.29, 0.717) is 27.3 Å². The Bertz CT molecular complexity index is 1060. The molecule has 1 aliphatic rings. The van der Waals surface area contributed by atoms with Gasteiger partial charge in [-0.2, -0.15) is 0 Å². The number of aromatic nitrogens is 3. The van der Waals surface area contributed by atoms with Crippen LogP contribution in [0.4, 0.5) is 10.1 Å². The summed E-state index contributed by atoms with van der Waals surface area (Å²) in [4.78, 5) is 12.5. The molecule has 3 aromatic rings. The highest BCUT2D eigenvalue weighted by Gasteiger charge is 2.31. The Balaban J connectivity index is 1.51. The number of hydrogen-bond donors (Lipinski definition) is 1. The van der Waals surface area contributed by atoms with Gasteiger partial charge in [0.1, 0.15) is 5.82 Å². The summed E-state index contributed by atoms with van der Waals surface area (Å²) in [6.45, 7) is 3.87. The molecule has 5 nitrogen and oxygen atoms in total. The number of hydrogen-bond acceptors (Lipinski definition) is 4. The molecule has 1 saturated carbocycles. The van der Waals surface area contributed by atoms with Crippen molar-refractivity contribution in [2.24, 2.45) is 0 Å². The summed E-state index contributed by atoms with van der Waals surface area (Å²) in [6, 6.07) is 10.6. The van der Waals surface area contributed by atoms with Gasteiger partial charge in [-0.15, -0.1) is 10.2 Å². The van der Waals surface area contributed by atoms with Gasteiger partial charge in [0.25, 0.3) is 0 Å². The second-order valence-corrected chi connectivity index (χ2v) is 8.51. The van der Waals surface area contributed by atoms with Crippen LogP contribution < -0.4 is 5.32 Å². The first kappa shape index (κ1) is 19.9. The Labute approximate surface area is 177 Å². The third kappa shape index (κ3) is 4.31. The molecule has 8 heteroatoms. The zero-order valence-corrected chi connectivity index (χ0v) is 17.6. The Morgan fingerprint density at radius 1 is 1.28 bits per heavy atom. The molecule has 0 bridgehead atoms. The van der Waals surface area contributed by atoms with E-state index >= 15 is 0 Å². The van der Waals surface area contributed by atoms with E-state index in [1.807, 2.05) is 30.5 Å². The number of amides is 1. The highest BCUT2D eigenvalue weighted by atomic mass is 35.5. The number of nitrogens with one attached hydrogen (secondary N) is 1. The number of anilines is 1. The van der Waals surface area contributed by atoms with Gasteiger partial charge in [0.2, 0.25) is 5.91 Å². The average Bonchev–Trinajstić information content (AvgIpc) is 3.43. The smallest absolute Gasteiger partial charge is 0.234 e. The maximum Gasteiger partial charge on any atom is 0.234 e. The summed E-state index contributed by atoms with van der Waals surface area (Å²) in [5.41, 5.74) is 3.00. The first-order valence-electron chi connectivity index (χ1n) is 9.33. The molecule has 2 aromatic carbocycles. The number of carbonyl (C=O) groups excluding carboxylic acids is 1. The monoisotopic (exact) mass is 430 g/mol. The fourth-order valence-corrected chi connectivity index (χ4v) is 4.42. The standard InChI is InChI=1S/C21H20ClFN4OS/c1-12-9-13(2)19(16(22)10-12)24-18(28)11-29-21-26-25-20(27(21)14-7-8-14)15-5-3-4-6-17(15)23/h3-6,9-10,14H,7-8,11H2,1-2H3,(H,24,28). The summed E-state index contributed by atoms with van der Waals surface area (Å²) < 4.78 is 16.2. The molecule has 0 saturated heterocycles. The lowest BCUT2D eigenvalue weighted by Crippen LogP contribution is -2.16. The van der Waals surface area contributed by atoms with Gasteiger partial charge in [-0.25, -0.2) is 4.39 Å². The zero-order chi connectivity index (χ0) is 20.5. The molecule has 150 valence electrons. The number of carbonyl (C=O) groups is 1. The number of rotatable bonds is 6. The SMILES string of the molecule is Cc1cc(C)c(NC(=O)CSc2nnc(-c3ccccc3F)n2C2CC2)c(Cl)c1. The molecule has 1 N–H and O–H groups in total. The first-order chi connectivity index (χ1) is 13.9. The molecule has 29 heavy (non-hydrogen) atoms. The zero-order valence-electron chi connectivity index (χ0n) is 16.1. The number of aryl methyl sites for hydroxylation is 2. The van der Waals surface area contributed by atoms with Crippen LogP contribution in [0.2, 0.25) is 5.02 Å². The van der Waals surface area contributed by atoms with Crippen molar-refractivity contribution in [2.75, 3.05) is 11.1 Å². The van der Waals surface area contributed by atoms with E-state index in [2.05, 4.69) is 15.5 Å². The summed E-state index contributed by atoms with van der Waals surface area (Å²) in [5, 5.41) is 12.4. The molecule has 4 rings (SSSR count). The lowest BCUT2D eigenvalue weighted by Gasteiger charge is -2.12. The minimum absolute atomic E-state index is 0.159. The number of thioether (sulfide) groups is 1. The number of nitrogens with zero attached hydrogens (tertiary/aromatic N) is 3. The van der Waals surface area contributed by atoms with Gasteiger partial charge in [0.05, 0.1) is 22.0 Å². The molecule has 1 aromatic heterocycles. The van der Waals surface area contributed by atoms with Crippen LogP contribution in [0.1, 0.15) is 30.0 Å². The molecule has 0 atom stereocenters. The maximum absolute atomic E-state index is 14.2. The average molecular weight is 431 g/mol. The van der Waals surface area contributed by atoms with Gasteiger partial charge in [-0.05, 0) is 56.0 Å². The van der Waals surface area contributed by atoms with Crippen LogP contribution in [-0.4, -0.2) is 26.4 Å². The van der Waals surface area contributed by atoms with Gasteiger partial charge >= 0.3 is 0 Å².